The zero-order chi connectivity index (χ0) is 14.1. The van der Waals surface area contributed by atoms with Gasteiger partial charge in [0.15, 0.2) is 0 Å². The molecule has 0 spiro atoms. The normalized spacial score (nSPS) is 12.6. The van der Waals surface area contributed by atoms with Crippen LogP contribution in [0.4, 0.5) is 8.78 Å². The Morgan fingerprint density at radius 1 is 1.11 bits per heavy atom. The second-order valence-corrected chi connectivity index (χ2v) is 5.09. The van der Waals surface area contributed by atoms with Crippen LogP contribution in [0.3, 0.4) is 0 Å². The summed E-state index contributed by atoms with van der Waals surface area (Å²) in [5, 5.41) is 3.46. The van der Waals surface area contributed by atoms with E-state index in [9.17, 15) is 8.78 Å². The first-order chi connectivity index (χ1) is 9.17. The van der Waals surface area contributed by atoms with Gasteiger partial charge in [-0.2, -0.15) is 0 Å². The summed E-state index contributed by atoms with van der Waals surface area (Å²) in [6, 6.07) is 4.15. The summed E-state index contributed by atoms with van der Waals surface area (Å²) >= 11 is 0. The first-order valence-corrected chi connectivity index (χ1v) is 7.34. The molecule has 3 heteroatoms. The van der Waals surface area contributed by atoms with Gasteiger partial charge in [0.1, 0.15) is 11.6 Å². The fourth-order valence-corrected chi connectivity index (χ4v) is 2.22. The van der Waals surface area contributed by atoms with Crippen LogP contribution < -0.4 is 5.32 Å². The Morgan fingerprint density at radius 2 is 1.89 bits per heavy atom. The predicted octanol–water partition coefficient (Wildman–Crippen LogP) is 4.46. The molecular weight excluding hydrogens is 244 g/mol. The summed E-state index contributed by atoms with van der Waals surface area (Å²) in [6.07, 6.45) is 6.29. The molecule has 0 fully saturated rings. The lowest BCUT2D eigenvalue weighted by Crippen LogP contribution is -2.32. The maximum absolute atomic E-state index is 13.7. The van der Waals surface area contributed by atoms with Crippen LogP contribution in [0.5, 0.6) is 0 Å². The molecule has 0 heterocycles. The van der Waals surface area contributed by atoms with E-state index in [0.29, 0.717) is 12.0 Å². The largest absolute Gasteiger partial charge is 0.314 e. The summed E-state index contributed by atoms with van der Waals surface area (Å²) < 4.78 is 26.5. The molecule has 1 rings (SSSR count). The van der Waals surface area contributed by atoms with Crippen molar-refractivity contribution < 1.29 is 8.78 Å². The molecule has 1 N–H and O–H groups in total. The molecule has 0 amide bonds. The quantitative estimate of drug-likeness (QED) is 0.653. The van der Waals surface area contributed by atoms with Gasteiger partial charge in [0.25, 0.3) is 0 Å². The average molecular weight is 269 g/mol. The Morgan fingerprint density at radius 3 is 2.53 bits per heavy atom. The fourth-order valence-electron chi connectivity index (χ4n) is 2.22. The van der Waals surface area contributed by atoms with E-state index in [2.05, 4.69) is 19.2 Å². The van der Waals surface area contributed by atoms with E-state index in [-0.39, 0.29) is 6.04 Å². The van der Waals surface area contributed by atoms with Crippen LogP contribution in [-0.4, -0.2) is 12.6 Å². The van der Waals surface area contributed by atoms with Crippen LogP contribution in [-0.2, 0) is 6.42 Å². The number of rotatable bonds is 9. The highest BCUT2D eigenvalue weighted by atomic mass is 19.1. The van der Waals surface area contributed by atoms with Crippen LogP contribution in [0.15, 0.2) is 18.2 Å². The van der Waals surface area contributed by atoms with E-state index < -0.39 is 11.6 Å². The maximum atomic E-state index is 13.7. The van der Waals surface area contributed by atoms with Crippen LogP contribution >= 0.6 is 0 Å². The Bertz CT molecular complexity index is 366. The van der Waals surface area contributed by atoms with Crippen LogP contribution in [0.1, 0.15) is 51.5 Å². The van der Waals surface area contributed by atoms with Crippen molar-refractivity contribution in [3.05, 3.63) is 35.4 Å². The molecule has 0 radical (unpaired) electrons. The Kier molecular flexibility index (Phi) is 7.65. The summed E-state index contributed by atoms with van der Waals surface area (Å²) in [5.41, 5.74) is 0.603. The van der Waals surface area contributed by atoms with Crippen LogP contribution in [0.2, 0.25) is 0 Å². The molecule has 0 aliphatic heterocycles. The van der Waals surface area contributed by atoms with E-state index in [1.807, 2.05) is 0 Å². The van der Waals surface area contributed by atoms with Crippen molar-refractivity contribution in [2.24, 2.45) is 0 Å². The number of hydrogen-bond acceptors (Lipinski definition) is 1. The third kappa shape index (κ3) is 6.15. The van der Waals surface area contributed by atoms with Gasteiger partial charge in [-0.15, -0.1) is 0 Å². The lowest BCUT2D eigenvalue weighted by Gasteiger charge is -2.19. The topological polar surface area (TPSA) is 12.0 Å². The van der Waals surface area contributed by atoms with Gasteiger partial charge in [0, 0.05) is 12.1 Å². The van der Waals surface area contributed by atoms with E-state index in [0.717, 1.165) is 31.9 Å². The minimum absolute atomic E-state index is 0.284. The Labute approximate surface area is 115 Å². The maximum Gasteiger partial charge on any atom is 0.129 e. The van der Waals surface area contributed by atoms with Crippen molar-refractivity contribution in [3.8, 4) is 0 Å². The van der Waals surface area contributed by atoms with Crippen molar-refractivity contribution in [1.82, 2.24) is 5.32 Å². The molecule has 0 aliphatic rings. The van der Waals surface area contributed by atoms with Gasteiger partial charge in [0.05, 0.1) is 0 Å². The van der Waals surface area contributed by atoms with Crippen LogP contribution in [0.25, 0.3) is 0 Å². The lowest BCUT2D eigenvalue weighted by molar-refractivity contribution is 0.448. The SMILES string of the molecule is CCCCCC(Cc1ccc(F)cc1F)NCCC. The third-order valence-electron chi connectivity index (χ3n) is 3.32. The van der Waals surface area contributed by atoms with Crippen molar-refractivity contribution in [2.45, 2.75) is 58.4 Å². The van der Waals surface area contributed by atoms with Gasteiger partial charge in [-0.05, 0) is 37.4 Å². The number of hydrogen-bond donors (Lipinski definition) is 1. The monoisotopic (exact) mass is 269 g/mol. The summed E-state index contributed by atoms with van der Waals surface area (Å²) in [7, 11) is 0. The summed E-state index contributed by atoms with van der Waals surface area (Å²) in [5.74, 6) is -0.941. The highest BCUT2D eigenvalue weighted by Crippen LogP contribution is 2.14. The first kappa shape index (κ1) is 16.1. The number of unbranched alkanes of at least 4 members (excludes halogenated alkanes) is 2. The molecule has 1 atom stereocenters. The van der Waals surface area contributed by atoms with E-state index in [1.165, 1.54) is 18.9 Å². The van der Waals surface area contributed by atoms with Crippen molar-refractivity contribution in [2.75, 3.05) is 6.54 Å². The molecule has 0 saturated heterocycles. The molecule has 1 nitrogen and oxygen atoms in total. The van der Waals surface area contributed by atoms with Gasteiger partial charge in [-0.1, -0.05) is 39.2 Å². The van der Waals surface area contributed by atoms with Gasteiger partial charge in [-0.3, -0.25) is 0 Å². The molecule has 1 aromatic rings. The zero-order valence-electron chi connectivity index (χ0n) is 12.0. The predicted molar refractivity (Wildman–Crippen MR) is 76.3 cm³/mol. The first-order valence-electron chi connectivity index (χ1n) is 7.34. The highest BCUT2D eigenvalue weighted by Gasteiger charge is 2.12. The fraction of sp³-hybridized carbons (Fsp3) is 0.625. The molecule has 1 unspecified atom stereocenters. The van der Waals surface area contributed by atoms with Crippen LogP contribution in [0, 0.1) is 11.6 Å². The Balaban J connectivity index is 2.58. The van der Waals surface area contributed by atoms with Gasteiger partial charge in [-0.25, -0.2) is 8.78 Å². The minimum atomic E-state index is -0.509. The lowest BCUT2D eigenvalue weighted by atomic mass is 10.00. The smallest absolute Gasteiger partial charge is 0.129 e. The Hall–Kier alpha value is -0.960. The molecule has 1 aromatic carbocycles. The molecule has 0 saturated carbocycles. The van der Waals surface area contributed by atoms with Crippen molar-refractivity contribution in [1.29, 1.82) is 0 Å². The summed E-state index contributed by atoms with van der Waals surface area (Å²) in [6.45, 7) is 5.24. The van der Waals surface area contributed by atoms with Gasteiger partial charge < -0.3 is 5.32 Å². The summed E-state index contributed by atoms with van der Waals surface area (Å²) in [4.78, 5) is 0. The van der Waals surface area contributed by atoms with E-state index >= 15 is 0 Å². The standard InChI is InChI=1S/C16H25F2N/c1-3-5-6-7-15(19-10-4-2)11-13-8-9-14(17)12-16(13)18/h8-9,12,15,19H,3-7,10-11H2,1-2H3. The molecule has 0 aliphatic carbocycles. The second kappa shape index (κ2) is 9.03. The van der Waals surface area contributed by atoms with Crippen molar-refractivity contribution in [3.63, 3.8) is 0 Å². The molecule has 0 aromatic heterocycles. The molecule has 19 heavy (non-hydrogen) atoms. The average Bonchev–Trinajstić information content (AvgIpc) is 2.39. The van der Waals surface area contributed by atoms with Gasteiger partial charge >= 0.3 is 0 Å². The number of halogens is 2. The molecular formula is C16H25F2N. The number of nitrogens with one attached hydrogen (secondary N) is 1. The minimum Gasteiger partial charge on any atom is -0.314 e. The zero-order valence-corrected chi connectivity index (χ0v) is 12.0. The van der Waals surface area contributed by atoms with E-state index in [4.69, 9.17) is 0 Å². The van der Waals surface area contributed by atoms with Crippen molar-refractivity contribution >= 4 is 0 Å². The third-order valence-corrected chi connectivity index (χ3v) is 3.32. The molecule has 108 valence electrons. The van der Waals surface area contributed by atoms with E-state index in [1.54, 1.807) is 6.07 Å². The molecule has 0 bridgehead atoms. The second-order valence-electron chi connectivity index (χ2n) is 5.09. The van der Waals surface area contributed by atoms with Gasteiger partial charge in [0.2, 0.25) is 0 Å². The highest BCUT2D eigenvalue weighted by molar-refractivity contribution is 5.19. The number of benzene rings is 1.